The molecule has 1 aliphatic heterocycles. The molecule has 0 amide bonds. The standard InChI is InChI=1S/C10H9Cl3O2/c11-4-7-5-14-10(15-7)6-1-2-8(12)9(13)3-6/h1-3,7,10H,4-5H2. The second-order valence-electron chi connectivity index (χ2n) is 3.25. The van der Waals surface area contributed by atoms with Crippen LogP contribution < -0.4 is 0 Å². The van der Waals surface area contributed by atoms with E-state index in [-0.39, 0.29) is 12.4 Å². The Labute approximate surface area is 103 Å². The molecule has 0 N–H and O–H groups in total. The third-order valence-electron chi connectivity index (χ3n) is 2.14. The van der Waals surface area contributed by atoms with Crippen LogP contribution in [-0.4, -0.2) is 18.6 Å². The normalized spacial score (nSPS) is 25.8. The van der Waals surface area contributed by atoms with Crippen molar-refractivity contribution >= 4 is 34.8 Å². The molecule has 1 fully saturated rings. The molecular formula is C10H9Cl3O2. The van der Waals surface area contributed by atoms with Gasteiger partial charge >= 0.3 is 0 Å². The van der Waals surface area contributed by atoms with Crippen molar-refractivity contribution in [3.05, 3.63) is 33.8 Å². The quantitative estimate of drug-likeness (QED) is 0.762. The number of rotatable bonds is 2. The van der Waals surface area contributed by atoms with Crippen LogP contribution in [0.1, 0.15) is 11.9 Å². The molecule has 5 heteroatoms. The Morgan fingerprint density at radius 2 is 2.07 bits per heavy atom. The van der Waals surface area contributed by atoms with E-state index < -0.39 is 0 Å². The second kappa shape index (κ2) is 4.89. The van der Waals surface area contributed by atoms with Gasteiger partial charge in [-0.1, -0.05) is 29.3 Å². The highest BCUT2D eigenvalue weighted by atomic mass is 35.5. The van der Waals surface area contributed by atoms with Crippen LogP contribution in [0.15, 0.2) is 18.2 Å². The molecule has 0 radical (unpaired) electrons. The lowest BCUT2D eigenvalue weighted by molar-refractivity contribution is -0.0567. The van der Waals surface area contributed by atoms with E-state index in [9.17, 15) is 0 Å². The zero-order chi connectivity index (χ0) is 10.8. The van der Waals surface area contributed by atoms with Crippen LogP contribution >= 0.6 is 34.8 Å². The molecule has 0 saturated carbocycles. The lowest BCUT2D eigenvalue weighted by Crippen LogP contribution is -2.10. The van der Waals surface area contributed by atoms with E-state index in [4.69, 9.17) is 44.3 Å². The summed E-state index contributed by atoms with van der Waals surface area (Å²) in [7, 11) is 0. The van der Waals surface area contributed by atoms with Crippen molar-refractivity contribution in [2.45, 2.75) is 12.4 Å². The first kappa shape index (κ1) is 11.5. The SMILES string of the molecule is ClCC1COC(c2ccc(Cl)c(Cl)c2)O1. The number of benzene rings is 1. The highest BCUT2D eigenvalue weighted by molar-refractivity contribution is 6.42. The van der Waals surface area contributed by atoms with Gasteiger partial charge in [-0.15, -0.1) is 11.6 Å². The summed E-state index contributed by atoms with van der Waals surface area (Å²) in [5, 5.41) is 1.02. The first-order valence-electron chi connectivity index (χ1n) is 4.48. The van der Waals surface area contributed by atoms with E-state index in [1.807, 2.05) is 6.07 Å². The lowest BCUT2D eigenvalue weighted by atomic mass is 10.2. The first-order chi connectivity index (χ1) is 7.20. The Morgan fingerprint density at radius 3 is 2.67 bits per heavy atom. The Bertz CT molecular complexity index is 357. The maximum Gasteiger partial charge on any atom is 0.184 e. The third kappa shape index (κ3) is 2.58. The minimum absolute atomic E-state index is 0.0499. The topological polar surface area (TPSA) is 18.5 Å². The Kier molecular flexibility index (Phi) is 3.75. The molecule has 0 aromatic heterocycles. The molecule has 2 unspecified atom stereocenters. The summed E-state index contributed by atoms with van der Waals surface area (Å²) in [6.07, 6.45) is -0.436. The Hall–Kier alpha value is 0.01000. The molecule has 2 nitrogen and oxygen atoms in total. The molecule has 15 heavy (non-hydrogen) atoms. The van der Waals surface area contributed by atoms with Gasteiger partial charge in [0.15, 0.2) is 6.29 Å². The molecule has 0 aliphatic carbocycles. The molecular weight excluding hydrogens is 258 g/mol. The second-order valence-corrected chi connectivity index (χ2v) is 4.37. The van der Waals surface area contributed by atoms with Crippen molar-refractivity contribution in [2.75, 3.05) is 12.5 Å². The van der Waals surface area contributed by atoms with Crippen molar-refractivity contribution in [1.82, 2.24) is 0 Å². The fourth-order valence-corrected chi connectivity index (χ4v) is 1.83. The van der Waals surface area contributed by atoms with E-state index in [1.165, 1.54) is 0 Å². The summed E-state index contributed by atoms with van der Waals surface area (Å²) in [6.45, 7) is 0.508. The summed E-state index contributed by atoms with van der Waals surface area (Å²) in [4.78, 5) is 0. The molecule has 2 rings (SSSR count). The van der Waals surface area contributed by atoms with E-state index >= 15 is 0 Å². The predicted octanol–water partition coefficient (Wildman–Crippen LogP) is 3.65. The minimum Gasteiger partial charge on any atom is -0.346 e. The minimum atomic E-state index is -0.386. The van der Waals surface area contributed by atoms with Gasteiger partial charge in [0, 0.05) is 5.56 Å². The number of hydrogen-bond donors (Lipinski definition) is 0. The first-order valence-corrected chi connectivity index (χ1v) is 5.77. The number of hydrogen-bond acceptors (Lipinski definition) is 2. The van der Waals surface area contributed by atoms with E-state index in [0.717, 1.165) is 5.56 Å². The van der Waals surface area contributed by atoms with Crippen molar-refractivity contribution in [1.29, 1.82) is 0 Å². The van der Waals surface area contributed by atoms with E-state index in [0.29, 0.717) is 22.5 Å². The van der Waals surface area contributed by atoms with Crippen LogP contribution in [0, 0.1) is 0 Å². The number of alkyl halides is 1. The maximum atomic E-state index is 5.89. The average Bonchev–Trinajstić information content (AvgIpc) is 2.70. The van der Waals surface area contributed by atoms with Crippen LogP contribution in [0.2, 0.25) is 10.0 Å². The van der Waals surface area contributed by atoms with Gasteiger partial charge in [0.2, 0.25) is 0 Å². The van der Waals surface area contributed by atoms with Crippen LogP contribution in [0.4, 0.5) is 0 Å². The molecule has 2 atom stereocenters. The monoisotopic (exact) mass is 266 g/mol. The van der Waals surface area contributed by atoms with Gasteiger partial charge in [0.25, 0.3) is 0 Å². The third-order valence-corrected chi connectivity index (χ3v) is 3.22. The zero-order valence-electron chi connectivity index (χ0n) is 7.75. The molecule has 0 spiro atoms. The van der Waals surface area contributed by atoms with Crippen LogP contribution in [0.5, 0.6) is 0 Å². The van der Waals surface area contributed by atoms with Gasteiger partial charge in [0.05, 0.1) is 28.6 Å². The summed E-state index contributed by atoms with van der Waals surface area (Å²) in [6, 6.07) is 5.29. The van der Waals surface area contributed by atoms with Crippen molar-refractivity contribution in [3.63, 3.8) is 0 Å². The Balaban J connectivity index is 2.13. The van der Waals surface area contributed by atoms with Gasteiger partial charge in [-0.3, -0.25) is 0 Å². The van der Waals surface area contributed by atoms with E-state index in [2.05, 4.69) is 0 Å². The van der Waals surface area contributed by atoms with Gasteiger partial charge in [-0.05, 0) is 12.1 Å². The summed E-state index contributed by atoms with van der Waals surface area (Å²) < 4.78 is 11.0. The fourth-order valence-electron chi connectivity index (χ4n) is 1.36. The van der Waals surface area contributed by atoms with Crippen molar-refractivity contribution in [2.24, 2.45) is 0 Å². The highest BCUT2D eigenvalue weighted by Gasteiger charge is 2.26. The van der Waals surface area contributed by atoms with Gasteiger partial charge in [0.1, 0.15) is 0 Å². The molecule has 1 aliphatic rings. The predicted molar refractivity (Wildman–Crippen MR) is 60.7 cm³/mol. The summed E-state index contributed by atoms with van der Waals surface area (Å²) in [5.74, 6) is 0.428. The van der Waals surface area contributed by atoms with E-state index in [1.54, 1.807) is 12.1 Å². The van der Waals surface area contributed by atoms with Crippen LogP contribution in [-0.2, 0) is 9.47 Å². The maximum absolute atomic E-state index is 5.89. The van der Waals surface area contributed by atoms with Gasteiger partial charge in [-0.25, -0.2) is 0 Å². The zero-order valence-corrected chi connectivity index (χ0v) is 10.0. The molecule has 1 heterocycles. The van der Waals surface area contributed by atoms with Crippen LogP contribution in [0.25, 0.3) is 0 Å². The van der Waals surface area contributed by atoms with Gasteiger partial charge < -0.3 is 9.47 Å². The Morgan fingerprint density at radius 1 is 1.27 bits per heavy atom. The van der Waals surface area contributed by atoms with Crippen molar-refractivity contribution in [3.8, 4) is 0 Å². The average molecular weight is 268 g/mol. The fraction of sp³-hybridized carbons (Fsp3) is 0.400. The molecule has 1 aromatic rings. The summed E-state index contributed by atoms with van der Waals surface area (Å²) >= 11 is 17.4. The lowest BCUT2D eigenvalue weighted by Gasteiger charge is -2.11. The molecule has 82 valence electrons. The smallest absolute Gasteiger partial charge is 0.184 e. The van der Waals surface area contributed by atoms with Gasteiger partial charge in [-0.2, -0.15) is 0 Å². The molecule has 1 aromatic carbocycles. The molecule has 0 bridgehead atoms. The largest absolute Gasteiger partial charge is 0.346 e. The molecule has 1 saturated heterocycles. The van der Waals surface area contributed by atoms with Crippen LogP contribution in [0.3, 0.4) is 0 Å². The van der Waals surface area contributed by atoms with Crippen molar-refractivity contribution < 1.29 is 9.47 Å². The highest BCUT2D eigenvalue weighted by Crippen LogP contribution is 2.31. The number of halogens is 3. The summed E-state index contributed by atoms with van der Waals surface area (Å²) in [5.41, 5.74) is 0.858. The number of ether oxygens (including phenoxy) is 2.